The van der Waals surface area contributed by atoms with Crippen molar-refractivity contribution in [2.75, 3.05) is 6.61 Å². The van der Waals surface area contributed by atoms with Crippen LogP contribution in [0.15, 0.2) is 4.52 Å². The van der Waals surface area contributed by atoms with Gasteiger partial charge in [-0.1, -0.05) is 39.8 Å². The van der Waals surface area contributed by atoms with E-state index in [1.54, 1.807) is 0 Å². The van der Waals surface area contributed by atoms with E-state index < -0.39 is 0 Å². The molecule has 1 rings (SSSR count). The number of ether oxygens (including phenoxy) is 1. The Morgan fingerprint density at radius 3 is 2.43 bits per heavy atom. The highest BCUT2D eigenvalue weighted by Gasteiger charge is 2.32. The van der Waals surface area contributed by atoms with Gasteiger partial charge in [0.25, 0.3) is 0 Å². The Morgan fingerprint density at radius 2 is 1.95 bits per heavy atom. The van der Waals surface area contributed by atoms with Crippen molar-refractivity contribution in [2.45, 2.75) is 66.9 Å². The molecule has 0 radical (unpaired) electrons. The van der Waals surface area contributed by atoms with Crippen LogP contribution in [-0.4, -0.2) is 16.7 Å². The minimum atomic E-state index is -0.191. The summed E-state index contributed by atoms with van der Waals surface area (Å²) in [7, 11) is 0. The lowest BCUT2D eigenvalue weighted by Crippen LogP contribution is -2.23. The summed E-state index contributed by atoms with van der Waals surface area (Å²) in [5, 5.41) is 13.0. The molecule has 1 aromatic rings. The molecule has 2 unspecified atom stereocenters. The Labute approximate surface area is 127 Å². The fraction of sp³-hybridized carbons (Fsp3) is 0.812. The minimum absolute atomic E-state index is 0.0993. The third kappa shape index (κ3) is 4.82. The predicted octanol–water partition coefficient (Wildman–Crippen LogP) is 4.07. The molecule has 0 saturated carbocycles. The topological polar surface area (TPSA) is 71.9 Å². The quantitative estimate of drug-likeness (QED) is 0.757. The van der Waals surface area contributed by atoms with Crippen molar-refractivity contribution >= 4 is 0 Å². The summed E-state index contributed by atoms with van der Waals surface area (Å²) >= 11 is 0. The van der Waals surface area contributed by atoms with Gasteiger partial charge in [0.1, 0.15) is 6.10 Å². The third-order valence-corrected chi connectivity index (χ3v) is 3.78. The molecule has 1 aromatic heterocycles. The van der Waals surface area contributed by atoms with Crippen molar-refractivity contribution in [3.8, 4) is 6.07 Å². The molecule has 5 nitrogen and oxygen atoms in total. The number of hydrogen-bond acceptors (Lipinski definition) is 5. The second-order valence-corrected chi connectivity index (χ2v) is 6.92. The molecular formula is C16H27N3O2. The zero-order chi connectivity index (χ0) is 16.1. The maximum atomic E-state index is 8.94. The molecule has 0 aromatic carbocycles. The largest absolute Gasteiger partial charge is 0.370 e. The number of hydrogen-bond donors (Lipinski definition) is 0. The van der Waals surface area contributed by atoms with E-state index in [9.17, 15) is 0 Å². The van der Waals surface area contributed by atoms with Gasteiger partial charge < -0.3 is 9.26 Å². The summed E-state index contributed by atoms with van der Waals surface area (Å²) in [5.41, 5.74) is -0.223. The maximum Gasteiger partial charge on any atom is 0.227 e. The average molecular weight is 293 g/mol. The molecule has 21 heavy (non-hydrogen) atoms. The highest BCUT2D eigenvalue weighted by Crippen LogP contribution is 2.35. The Kier molecular flexibility index (Phi) is 5.91. The van der Waals surface area contributed by atoms with Crippen LogP contribution in [0, 0.1) is 22.2 Å². The standard InChI is InChI=1S/C16H27N3O2/c1-7-16(6,9-10-17)11-12-18-14(19-21-12)13(20-8-2)15(3,4)5/h13H,7-9,11H2,1-6H3. The smallest absolute Gasteiger partial charge is 0.227 e. The van der Waals surface area contributed by atoms with Gasteiger partial charge in [-0.25, -0.2) is 0 Å². The van der Waals surface area contributed by atoms with Crippen LogP contribution < -0.4 is 0 Å². The summed E-state index contributed by atoms with van der Waals surface area (Å²) in [5.74, 6) is 1.17. The second-order valence-electron chi connectivity index (χ2n) is 6.92. The van der Waals surface area contributed by atoms with E-state index in [2.05, 4.69) is 50.8 Å². The molecule has 0 saturated heterocycles. The van der Waals surface area contributed by atoms with Gasteiger partial charge in [0.2, 0.25) is 11.7 Å². The van der Waals surface area contributed by atoms with E-state index in [1.807, 2.05) is 6.92 Å². The van der Waals surface area contributed by atoms with Gasteiger partial charge in [-0.2, -0.15) is 10.2 Å². The van der Waals surface area contributed by atoms with Crippen molar-refractivity contribution < 1.29 is 9.26 Å². The van der Waals surface area contributed by atoms with Gasteiger partial charge in [-0.15, -0.1) is 0 Å². The van der Waals surface area contributed by atoms with Gasteiger partial charge in [0, 0.05) is 19.4 Å². The molecule has 0 bridgehead atoms. The lowest BCUT2D eigenvalue weighted by Gasteiger charge is -2.27. The van der Waals surface area contributed by atoms with Crippen LogP contribution >= 0.6 is 0 Å². The monoisotopic (exact) mass is 293 g/mol. The summed E-state index contributed by atoms with van der Waals surface area (Å²) in [6, 6.07) is 2.24. The van der Waals surface area contributed by atoms with Crippen LogP contribution in [0.4, 0.5) is 0 Å². The zero-order valence-corrected chi connectivity index (χ0v) is 14.1. The van der Waals surface area contributed by atoms with E-state index in [0.29, 0.717) is 31.2 Å². The molecule has 0 aliphatic heterocycles. The third-order valence-electron chi connectivity index (χ3n) is 3.78. The number of nitriles is 1. The van der Waals surface area contributed by atoms with E-state index >= 15 is 0 Å². The summed E-state index contributed by atoms with van der Waals surface area (Å²) in [6.07, 6.45) is 1.80. The zero-order valence-electron chi connectivity index (χ0n) is 14.1. The van der Waals surface area contributed by atoms with Gasteiger partial charge in [-0.3, -0.25) is 0 Å². The van der Waals surface area contributed by atoms with Gasteiger partial charge in [-0.05, 0) is 24.2 Å². The Balaban J connectivity index is 2.92. The molecule has 0 aliphatic carbocycles. The molecule has 5 heteroatoms. The Hall–Kier alpha value is -1.41. The molecule has 0 spiro atoms. The Morgan fingerprint density at radius 1 is 1.29 bits per heavy atom. The number of aromatic nitrogens is 2. The summed E-state index contributed by atoms with van der Waals surface area (Å²) < 4.78 is 11.2. The van der Waals surface area contributed by atoms with E-state index in [4.69, 9.17) is 14.5 Å². The van der Waals surface area contributed by atoms with Crippen molar-refractivity contribution in [3.05, 3.63) is 11.7 Å². The van der Waals surface area contributed by atoms with Crippen LogP contribution in [0.3, 0.4) is 0 Å². The second kappa shape index (κ2) is 7.04. The lowest BCUT2D eigenvalue weighted by molar-refractivity contribution is -0.0203. The summed E-state index contributed by atoms with van der Waals surface area (Å²) in [6.45, 7) is 13.0. The fourth-order valence-electron chi connectivity index (χ4n) is 2.19. The Bertz CT molecular complexity index is 484. The minimum Gasteiger partial charge on any atom is -0.370 e. The number of nitrogens with zero attached hydrogens (tertiary/aromatic N) is 3. The first-order chi connectivity index (χ1) is 9.75. The first kappa shape index (κ1) is 17.6. The van der Waals surface area contributed by atoms with Crippen LogP contribution in [0.1, 0.15) is 72.2 Å². The highest BCUT2D eigenvalue weighted by molar-refractivity contribution is 4.99. The lowest BCUT2D eigenvalue weighted by atomic mass is 9.81. The van der Waals surface area contributed by atoms with Crippen LogP contribution in [0.2, 0.25) is 0 Å². The van der Waals surface area contributed by atoms with E-state index in [0.717, 1.165) is 6.42 Å². The van der Waals surface area contributed by atoms with Crippen LogP contribution in [0.5, 0.6) is 0 Å². The maximum absolute atomic E-state index is 8.94. The normalized spacial score (nSPS) is 16.2. The first-order valence-electron chi connectivity index (χ1n) is 7.56. The molecule has 0 aliphatic rings. The van der Waals surface area contributed by atoms with Crippen molar-refractivity contribution in [2.24, 2.45) is 10.8 Å². The fourth-order valence-corrected chi connectivity index (χ4v) is 2.19. The van der Waals surface area contributed by atoms with Crippen LogP contribution in [-0.2, 0) is 11.2 Å². The molecular weight excluding hydrogens is 266 g/mol. The SMILES string of the molecule is CCOC(c1noc(CC(C)(CC)CC#N)n1)C(C)(C)C. The molecule has 1 heterocycles. The predicted molar refractivity (Wildman–Crippen MR) is 80.5 cm³/mol. The summed E-state index contributed by atoms with van der Waals surface area (Å²) in [4.78, 5) is 4.50. The molecule has 0 fully saturated rings. The van der Waals surface area contributed by atoms with E-state index in [1.165, 1.54) is 0 Å². The van der Waals surface area contributed by atoms with Gasteiger partial charge in [0.05, 0.1) is 6.07 Å². The molecule has 118 valence electrons. The highest BCUT2D eigenvalue weighted by atomic mass is 16.5. The van der Waals surface area contributed by atoms with Gasteiger partial charge >= 0.3 is 0 Å². The van der Waals surface area contributed by atoms with Gasteiger partial charge in [0.15, 0.2) is 0 Å². The average Bonchev–Trinajstić information content (AvgIpc) is 2.82. The molecule has 0 N–H and O–H groups in total. The number of rotatable bonds is 7. The molecule has 2 atom stereocenters. The van der Waals surface area contributed by atoms with Crippen molar-refractivity contribution in [1.82, 2.24) is 10.1 Å². The van der Waals surface area contributed by atoms with Crippen molar-refractivity contribution in [3.63, 3.8) is 0 Å². The molecule has 0 amide bonds. The van der Waals surface area contributed by atoms with Crippen LogP contribution in [0.25, 0.3) is 0 Å². The van der Waals surface area contributed by atoms with Crippen molar-refractivity contribution in [1.29, 1.82) is 5.26 Å². The van der Waals surface area contributed by atoms with E-state index in [-0.39, 0.29) is 16.9 Å². The first-order valence-corrected chi connectivity index (χ1v) is 7.56.